The van der Waals surface area contributed by atoms with Crippen molar-refractivity contribution < 1.29 is 8.83 Å². The number of furan rings is 2. The molecule has 6 nitrogen and oxygen atoms in total. The van der Waals surface area contributed by atoms with Gasteiger partial charge in [0.2, 0.25) is 0 Å². The van der Waals surface area contributed by atoms with Crippen molar-refractivity contribution in [1.82, 2.24) is 19.9 Å². The second kappa shape index (κ2) is 10.2. The van der Waals surface area contributed by atoms with Crippen molar-refractivity contribution in [3.8, 4) is 44.7 Å². The molecule has 0 aliphatic heterocycles. The van der Waals surface area contributed by atoms with Gasteiger partial charge >= 0.3 is 0 Å². The molecule has 7 heteroatoms. The fourth-order valence-corrected chi connectivity index (χ4v) is 7.40. The van der Waals surface area contributed by atoms with Crippen molar-refractivity contribution in [2.75, 3.05) is 0 Å². The molecule has 0 bridgehead atoms. The third kappa shape index (κ3) is 4.17. The zero-order valence-electron chi connectivity index (χ0n) is 24.7. The van der Waals surface area contributed by atoms with E-state index in [0.717, 1.165) is 81.4 Å². The van der Waals surface area contributed by atoms with Crippen molar-refractivity contribution >= 4 is 65.4 Å². The highest BCUT2D eigenvalue weighted by atomic mass is 32.1. The average molecular weight is 623 g/mol. The lowest BCUT2D eigenvalue weighted by Crippen LogP contribution is -2.00. The first-order valence-electron chi connectivity index (χ1n) is 15.3. The first-order chi connectivity index (χ1) is 23.3. The molecule has 0 amide bonds. The van der Waals surface area contributed by atoms with Gasteiger partial charge in [-0.3, -0.25) is 0 Å². The van der Waals surface area contributed by atoms with E-state index in [4.69, 9.17) is 28.8 Å². The van der Waals surface area contributed by atoms with Crippen molar-refractivity contribution in [1.29, 1.82) is 0 Å². The van der Waals surface area contributed by atoms with E-state index in [1.807, 2.05) is 91.0 Å². The largest absolute Gasteiger partial charge is 0.456 e. The Labute approximate surface area is 271 Å². The SMILES string of the molecule is c1ccc(-c2nc(-c3cccc4oc5ccccc5c34)nc(-c3cccc4oc5ccc(-c6nc7ccccc7s6)cc5c34)n2)cc1. The van der Waals surface area contributed by atoms with Gasteiger partial charge in [-0.1, -0.05) is 84.9 Å². The van der Waals surface area contributed by atoms with Crippen LogP contribution in [0.3, 0.4) is 0 Å². The number of thiazole rings is 1. The van der Waals surface area contributed by atoms with Crippen LogP contribution in [0.5, 0.6) is 0 Å². The topological polar surface area (TPSA) is 77.8 Å². The minimum absolute atomic E-state index is 0.567. The smallest absolute Gasteiger partial charge is 0.164 e. The maximum Gasteiger partial charge on any atom is 0.164 e. The van der Waals surface area contributed by atoms with Gasteiger partial charge in [-0.15, -0.1) is 11.3 Å². The van der Waals surface area contributed by atoms with Gasteiger partial charge in [-0.05, 0) is 48.5 Å². The van der Waals surface area contributed by atoms with Crippen LogP contribution in [0.2, 0.25) is 0 Å². The number of hydrogen-bond donors (Lipinski definition) is 0. The van der Waals surface area contributed by atoms with Crippen LogP contribution in [0.15, 0.2) is 142 Å². The van der Waals surface area contributed by atoms with Gasteiger partial charge in [-0.2, -0.15) is 0 Å². The van der Waals surface area contributed by atoms with Crippen LogP contribution in [0, 0.1) is 0 Å². The molecule has 0 N–H and O–H groups in total. The Bertz CT molecular complexity index is 2780. The summed E-state index contributed by atoms with van der Waals surface area (Å²) in [5, 5.41) is 4.90. The molecule has 220 valence electrons. The zero-order valence-corrected chi connectivity index (χ0v) is 25.5. The van der Waals surface area contributed by atoms with Gasteiger partial charge in [0.1, 0.15) is 27.3 Å². The van der Waals surface area contributed by atoms with Crippen LogP contribution in [-0.2, 0) is 0 Å². The highest BCUT2D eigenvalue weighted by molar-refractivity contribution is 7.21. The van der Waals surface area contributed by atoms with E-state index in [-0.39, 0.29) is 0 Å². The summed E-state index contributed by atoms with van der Waals surface area (Å²) in [5.74, 6) is 1.73. The summed E-state index contributed by atoms with van der Waals surface area (Å²) >= 11 is 1.69. The van der Waals surface area contributed by atoms with Crippen molar-refractivity contribution in [3.05, 3.63) is 133 Å². The molecule has 0 spiro atoms. The fraction of sp³-hybridized carbons (Fsp3) is 0. The summed E-state index contributed by atoms with van der Waals surface area (Å²) in [6.07, 6.45) is 0. The summed E-state index contributed by atoms with van der Waals surface area (Å²) < 4.78 is 13.8. The van der Waals surface area contributed by atoms with E-state index in [1.165, 1.54) is 0 Å². The number of aromatic nitrogens is 4. The highest BCUT2D eigenvalue weighted by Gasteiger charge is 2.21. The van der Waals surface area contributed by atoms with Crippen LogP contribution in [0.25, 0.3) is 98.8 Å². The second-order valence-electron chi connectivity index (χ2n) is 11.4. The number of hydrogen-bond acceptors (Lipinski definition) is 7. The van der Waals surface area contributed by atoms with Crippen LogP contribution in [0.1, 0.15) is 0 Å². The number of fused-ring (bicyclic) bond motifs is 7. The molecule has 4 heterocycles. The molecule has 0 radical (unpaired) electrons. The molecule has 0 saturated heterocycles. The molecule has 47 heavy (non-hydrogen) atoms. The van der Waals surface area contributed by atoms with Crippen molar-refractivity contribution in [3.63, 3.8) is 0 Å². The molecular weight excluding hydrogens is 601 g/mol. The van der Waals surface area contributed by atoms with Crippen LogP contribution >= 0.6 is 11.3 Å². The fourth-order valence-electron chi connectivity index (χ4n) is 6.44. The van der Waals surface area contributed by atoms with Crippen molar-refractivity contribution in [2.45, 2.75) is 0 Å². The maximum atomic E-state index is 6.39. The quantitative estimate of drug-likeness (QED) is 0.194. The van der Waals surface area contributed by atoms with Crippen LogP contribution < -0.4 is 0 Å². The molecule has 6 aromatic carbocycles. The molecule has 0 aliphatic rings. The van der Waals surface area contributed by atoms with Gasteiger partial charge in [-0.25, -0.2) is 19.9 Å². The molecule has 10 rings (SSSR count). The van der Waals surface area contributed by atoms with Crippen LogP contribution in [-0.4, -0.2) is 19.9 Å². The Kier molecular flexibility index (Phi) is 5.64. The van der Waals surface area contributed by atoms with E-state index in [9.17, 15) is 0 Å². The Morgan fingerprint density at radius 3 is 1.81 bits per heavy atom. The summed E-state index contributed by atoms with van der Waals surface area (Å²) in [4.78, 5) is 20.2. The third-order valence-corrected chi connectivity index (χ3v) is 9.67. The molecule has 0 saturated carbocycles. The summed E-state index contributed by atoms with van der Waals surface area (Å²) in [7, 11) is 0. The third-order valence-electron chi connectivity index (χ3n) is 8.59. The molecule has 0 aliphatic carbocycles. The molecule has 10 aromatic rings. The van der Waals surface area contributed by atoms with E-state index >= 15 is 0 Å². The van der Waals surface area contributed by atoms with Gasteiger partial charge in [0.15, 0.2) is 17.5 Å². The van der Waals surface area contributed by atoms with E-state index < -0.39 is 0 Å². The molecular formula is C40H22N4O2S. The average Bonchev–Trinajstić information content (AvgIpc) is 3.84. The Morgan fingerprint density at radius 2 is 1.04 bits per heavy atom. The summed E-state index contributed by atoms with van der Waals surface area (Å²) in [5.41, 5.74) is 7.87. The van der Waals surface area contributed by atoms with Crippen LogP contribution in [0.4, 0.5) is 0 Å². The molecule has 0 atom stereocenters. The maximum absolute atomic E-state index is 6.39. The lowest BCUT2D eigenvalue weighted by Gasteiger charge is -2.10. The summed E-state index contributed by atoms with van der Waals surface area (Å²) in [6, 6.07) is 44.7. The first kappa shape index (κ1) is 26.1. The number of rotatable bonds is 4. The summed E-state index contributed by atoms with van der Waals surface area (Å²) in [6.45, 7) is 0. The first-order valence-corrected chi connectivity index (χ1v) is 16.1. The predicted molar refractivity (Wildman–Crippen MR) is 189 cm³/mol. The standard InChI is InChI=1S/C40H22N4O2S/c1-2-10-23(11-3-1)37-42-38(26-13-8-17-32-35(26)25-12-4-6-16-30(25)45-32)44-39(43-37)27-14-9-18-33-36(27)28-22-24(20-21-31(28)46-33)40-41-29-15-5-7-19-34(29)47-40/h1-22H. The minimum Gasteiger partial charge on any atom is -0.456 e. The van der Waals surface area contributed by atoms with Gasteiger partial charge in [0, 0.05) is 43.8 Å². The number of nitrogens with zero attached hydrogens (tertiary/aromatic N) is 4. The lowest BCUT2D eigenvalue weighted by atomic mass is 10.0. The Balaban J connectivity index is 1.23. The lowest BCUT2D eigenvalue weighted by molar-refractivity contribution is 0.668. The number of para-hydroxylation sites is 2. The minimum atomic E-state index is 0.567. The molecule has 4 aromatic heterocycles. The molecule has 0 unspecified atom stereocenters. The normalized spacial score (nSPS) is 11.8. The Hall–Kier alpha value is -6.18. The monoisotopic (exact) mass is 622 g/mol. The predicted octanol–water partition coefficient (Wildman–Crippen LogP) is 10.9. The molecule has 0 fully saturated rings. The van der Waals surface area contributed by atoms with Gasteiger partial charge in [0.05, 0.1) is 10.2 Å². The van der Waals surface area contributed by atoms with E-state index in [0.29, 0.717) is 17.5 Å². The van der Waals surface area contributed by atoms with Gasteiger partial charge < -0.3 is 8.83 Å². The second-order valence-corrected chi connectivity index (χ2v) is 12.5. The number of benzene rings is 6. The van der Waals surface area contributed by atoms with E-state index in [1.54, 1.807) is 11.3 Å². The highest BCUT2D eigenvalue weighted by Crippen LogP contribution is 2.41. The Morgan fingerprint density at radius 1 is 0.426 bits per heavy atom. The van der Waals surface area contributed by atoms with Gasteiger partial charge in [0.25, 0.3) is 0 Å². The van der Waals surface area contributed by atoms with E-state index in [2.05, 4.69) is 42.5 Å². The zero-order chi connectivity index (χ0) is 30.9. The van der Waals surface area contributed by atoms with Crippen molar-refractivity contribution in [2.24, 2.45) is 0 Å².